The van der Waals surface area contributed by atoms with Crippen molar-refractivity contribution in [2.45, 2.75) is 13.8 Å². The van der Waals surface area contributed by atoms with Crippen LogP contribution in [0, 0.1) is 6.92 Å². The van der Waals surface area contributed by atoms with E-state index in [9.17, 15) is 4.79 Å². The topological polar surface area (TPSA) is 50.7 Å². The van der Waals surface area contributed by atoms with Crippen LogP contribution >= 0.6 is 0 Å². The second-order valence-corrected chi connectivity index (χ2v) is 4.60. The minimum absolute atomic E-state index is 0.131. The molecule has 0 saturated carbocycles. The van der Waals surface area contributed by atoms with Gasteiger partial charge in [0.25, 0.3) is 5.91 Å². The van der Waals surface area contributed by atoms with Crippen LogP contribution in [0.3, 0.4) is 0 Å². The number of anilines is 1. The fraction of sp³-hybridized carbons (Fsp3) is 0.176. The van der Waals surface area contributed by atoms with E-state index in [-0.39, 0.29) is 5.91 Å². The van der Waals surface area contributed by atoms with Crippen LogP contribution in [-0.4, -0.2) is 18.7 Å². The first-order valence-corrected chi connectivity index (χ1v) is 6.82. The summed E-state index contributed by atoms with van der Waals surface area (Å²) in [7, 11) is 0. The van der Waals surface area contributed by atoms with Crippen LogP contribution in [0.25, 0.3) is 0 Å². The van der Waals surface area contributed by atoms with Gasteiger partial charge >= 0.3 is 0 Å². The summed E-state index contributed by atoms with van der Waals surface area (Å²) in [5.41, 5.74) is 3.35. The minimum atomic E-state index is -0.131. The van der Waals surface area contributed by atoms with E-state index < -0.39 is 0 Å². The summed E-state index contributed by atoms with van der Waals surface area (Å²) in [6.45, 7) is 4.39. The number of hydrogen-bond donors (Lipinski definition) is 1. The van der Waals surface area contributed by atoms with E-state index >= 15 is 0 Å². The molecule has 2 aromatic carbocycles. The smallest absolute Gasteiger partial charge is 0.255 e. The summed E-state index contributed by atoms with van der Waals surface area (Å²) in [5, 5.41) is 6.68. The zero-order valence-electron chi connectivity index (χ0n) is 12.2. The highest BCUT2D eigenvalue weighted by molar-refractivity contribution is 6.04. The maximum atomic E-state index is 12.1. The number of carbonyl (C=O) groups is 1. The van der Waals surface area contributed by atoms with Gasteiger partial charge in [0.15, 0.2) is 0 Å². The van der Waals surface area contributed by atoms with Crippen LogP contribution in [0.1, 0.15) is 28.4 Å². The third kappa shape index (κ3) is 4.45. The van der Waals surface area contributed by atoms with Crippen molar-refractivity contribution in [3.05, 3.63) is 65.2 Å². The lowest BCUT2D eigenvalue weighted by Crippen LogP contribution is -2.11. The molecule has 4 heteroatoms. The molecule has 1 amide bonds. The predicted octanol–water partition coefficient (Wildman–Crippen LogP) is 3.62. The summed E-state index contributed by atoms with van der Waals surface area (Å²) in [6.07, 6.45) is 1.62. The van der Waals surface area contributed by atoms with Crippen molar-refractivity contribution in [1.82, 2.24) is 0 Å². The Morgan fingerprint density at radius 3 is 2.71 bits per heavy atom. The molecule has 21 heavy (non-hydrogen) atoms. The summed E-state index contributed by atoms with van der Waals surface area (Å²) in [6, 6.07) is 14.9. The molecule has 0 radical (unpaired) electrons. The molecule has 0 aliphatic carbocycles. The second kappa shape index (κ2) is 7.24. The maximum Gasteiger partial charge on any atom is 0.255 e. The quantitative estimate of drug-likeness (QED) is 0.672. The number of rotatable bonds is 5. The molecule has 0 fully saturated rings. The van der Waals surface area contributed by atoms with Crippen LogP contribution < -0.4 is 5.32 Å². The molecule has 0 saturated heterocycles. The predicted molar refractivity (Wildman–Crippen MR) is 84.8 cm³/mol. The van der Waals surface area contributed by atoms with E-state index in [0.717, 1.165) is 16.8 Å². The minimum Gasteiger partial charge on any atom is -0.396 e. The van der Waals surface area contributed by atoms with E-state index in [2.05, 4.69) is 10.5 Å². The molecule has 0 aromatic heterocycles. The van der Waals surface area contributed by atoms with E-state index in [4.69, 9.17) is 4.84 Å². The number of carbonyl (C=O) groups excluding carboxylic acids is 1. The molecule has 0 aliphatic rings. The van der Waals surface area contributed by atoms with Crippen molar-refractivity contribution in [2.24, 2.45) is 5.16 Å². The van der Waals surface area contributed by atoms with Crippen molar-refractivity contribution in [1.29, 1.82) is 0 Å². The third-order valence-corrected chi connectivity index (χ3v) is 2.86. The molecule has 108 valence electrons. The zero-order valence-corrected chi connectivity index (χ0v) is 12.2. The van der Waals surface area contributed by atoms with Crippen molar-refractivity contribution in [3.8, 4) is 0 Å². The number of benzene rings is 2. The van der Waals surface area contributed by atoms with Crippen molar-refractivity contribution >= 4 is 17.8 Å². The van der Waals surface area contributed by atoms with Gasteiger partial charge in [-0.1, -0.05) is 35.0 Å². The van der Waals surface area contributed by atoms with Gasteiger partial charge in [0, 0.05) is 11.3 Å². The molecule has 2 rings (SSSR count). The average molecular weight is 282 g/mol. The van der Waals surface area contributed by atoms with E-state index in [1.54, 1.807) is 6.21 Å². The lowest BCUT2D eigenvalue weighted by molar-refractivity contribution is 0.102. The normalized spacial score (nSPS) is 10.6. The van der Waals surface area contributed by atoms with Gasteiger partial charge in [-0.05, 0) is 43.7 Å². The van der Waals surface area contributed by atoms with Crippen LogP contribution in [0.15, 0.2) is 53.7 Å². The van der Waals surface area contributed by atoms with Crippen LogP contribution in [0.5, 0.6) is 0 Å². The van der Waals surface area contributed by atoms with Crippen LogP contribution in [-0.2, 0) is 4.84 Å². The Bertz CT molecular complexity index is 633. The second-order valence-electron chi connectivity index (χ2n) is 4.60. The molecule has 0 bridgehead atoms. The van der Waals surface area contributed by atoms with Gasteiger partial charge in [0.05, 0.1) is 6.21 Å². The number of hydrogen-bond acceptors (Lipinski definition) is 3. The number of aryl methyl sites for hydroxylation is 1. The Hall–Kier alpha value is -2.62. The van der Waals surface area contributed by atoms with Gasteiger partial charge < -0.3 is 10.2 Å². The zero-order chi connectivity index (χ0) is 15.1. The molecule has 0 unspecified atom stereocenters. The van der Waals surface area contributed by atoms with Gasteiger partial charge in [-0.2, -0.15) is 0 Å². The Balaban J connectivity index is 2.07. The average Bonchev–Trinajstić information content (AvgIpc) is 2.48. The lowest BCUT2D eigenvalue weighted by atomic mass is 10.1. The fourth-order valence-corrected chi connectivity index (χ4v) is 1.78. The Labute approximate surface area is 124 Å². The first kappa shape index (κ1) is 14.8. The Morgan fingerprint density at radius 1 is 1.24 bits per heavy atom. The third-order valence-electron chi connectivity index (χ3n) is 2.86. The summed E-state index contributed by atoms with van der Waals surface area (Å²) >= 11 is 0. The Morgan fingerprint density at radius 2 is 2.00 bits per heavy atom. The monoisotopic (exact) mass is 282 g/mol. The van der Waals surface area contributed by atoms with Crippen LogP contribution in [0.2, 0.25) is 0 Å². The van der Waals surface area contributed by atoms with E-state index in [0.29, 0.717) is 12.2 Å². The first-order valence-electron chi connectivity index (χ1n) is 6.82. The van der Waals surface area contributed by atoms with Gasteiger partial charge in [0.1, 0.15) is 6.61 Å². The molecule has 4 nitrogen and oxygen atoms in total. The maximum absolute atomic E-state index is 12.1. The molecule has 0 spiro atoms. The molecule has 0 heterocycles. The van der Waals surface area contributed by atoms with Gasteiger partial charge in [0.2, 0.25) is 0 Å². The summed E-state index contributed by atoms with van der Waals surface area (Å²) < 4.78 is 0. The number of amides is 1. The lowest BCUT2D eigenvalue weighted by Gasteiger charge is -2.06. The van der Waals surface area contributed by atoms with Crippen LogP contribution in [0.4, 0.5) is 5.69 Å². The summed E-state index contributed by atoms with van der Waals surface area (Å²) in [4.78, 5) is 17.0. The molecule has 1 N–H and O–H groups in total. The molecule has 0 atom stereocenters. The van der Waals surface area contributed by atoms with Crippen molar-refractivity contribution < 1.29 is 9.63 Å². The highest BCUT2D eigenvalue weighted by Crippen LogP contribution is 2.12. The molecule has 2 aromatic rings. The highest BCUT2D eigenvalue weighted by Gasteiger charge is 2.05. The first-order chi connectivity index (χ1) is 10.2. The number of nitrogens with zero attached hydrogens (tertiary/aromatic N) is 1. The van der Waals surface area contributed by atoms with Gasteiger partial charge in [-0.15, -0.1) is 0 Å². The van der Waals surface area contributed by atoms with Crippen molar-refractivity contribution in [2.75, 3.05) is 11.9 Å². The highest BCUT2D eigenvalue weighted by atomic mass is 16.6. The molecular formula is C17H18N2O2. The molecule has 0 aliphatic heterocycles. The fourth-order valence-electron chi connectivity index (χ4n) is 1.78. The largest absolute Gasteiger partial charge is 0.396 e. The summed E-state index contributed by atoms with van der Waals surface area (Å²) in [5.74, 6) is -0.131. The number of nitrogens with one attached hydrogen (secondary N) is 1. The SMILES string of the molecule is CCO/N=C/c1cccc(NC(=O)c2ccc(C)cc2)c1. The van der Waals surface area contributed by atoms with Gasteiger partial charge in [-0.3, -0.25) is 4.79 Å². The standard InChI is InChI=1S/C17H18N2O2/c1-3-21-18-12-14-5-4-6-16(11-14)19-17(20)15-9-7-13(2)8-10-15/h4-12H,3H2,1-2H3,(H,19,20)/b18-12+. The number of oxime groups is 1. The van der Waals surface area contributed by atoms with Crippen molar-refractivity contribution in [3.63, 3.8) is 0 Å². The van der Waals surface area contributed by atoms with E-state index in [1.807, 2.05) is 62.4 Å². The van der Waals surface area contributed by atoms with Gasteiger partial charge in [-0.25, -0.2) is 0 Å². The van der Waals surface area contributed by atoms with E-state index in [1.165, 1.54) is 0 Å². The molecular weight excluding hydrogens is 264 g/mol. The Kier molecular flexibility index (Phi) is 5.10.